The second kappa shape index (κ2) is 3.18. The van der Waals surface area contributed by atoms with Crippen molar-refractivity contribution < 1.29 is 13.0 Å². The molecule has 2 aromatic carbocycles. The minimum absolute atomic E-state index is 0.379. The summed E-state index contributed by atoms with van der Waals surface area (Å²) in [6.45, 7) is 0. The third-order valence-electron chi connectivity index (χ3n) is 2.03. The highest BCUT2D eigenvalue weighted by molar-refractivity contribution is 7.61. The van der Waals surface area contributed by atoms with E-state index in [1.54, 1.807) is 18.2 Å². The highest BCUT2D eigenvalue weighted by atomic mass is 31.2. The van der Waals surface area contributed by atoms with Crippen LogP contribution in [0.1, 0.15) is 0 Å². The lowest BCUT2D eigenvalue weighted by Crippen LogP contribution is -1.96. The highest BCUT2D eigenvalue weighted by Crippen LogP contribution is 2.47. The molecule has 0 spiro atoms. The molecule has 0 atom stereocenters. The standard InChI is InChI=1S/C10H7F2OP/c11-14(12,13)10-6-5-8-3-1-2-4-9(8)7-10/h1-7H. The molecular formula is C10H7F2OP. The second-order valence-corrected chi connectivity index (χ2v) is 4.43. The maximum Gasteiger partial charge on any atom is 0.433 e. The summed E-state index contributed by atoms with van der Waals surface area (Å²) in [4.78, 5) is 0. The van der Waals surface area contributed by atoms with E-state index in [4.69, 9.17) is 0 Å². The van der Waals surface area contributed by atoms with Gasteiger partial charge in [0.15, 0.2) is 0 Å². The van der Waals surface area contributed by atoms with Gasteiger partial charge < -0.3 is 0 Å². The van der Waals surface area contributed by atoms with Crippen molar-refractivity contribution in [1.82, 2.24) is 0 Å². The van der Waals surface area contributed by atoms with Gasteiger partial charge in [0, 0.05) is 0 Å². The van der Waals surface area contributed by atoms with Crippen LogP contribution in [-0.2, 0) is 4.57 Å². The molecule has 2 rings (SSSR count). The summed E-state index contributed by atoms with van der Waals surface area (Å²) < 4.78 is 35.6. The number of fused-ring (bicyclic) bond motifs is 1. The molecule has 0 aliphatic rings. The summed E-state index contributed by atoms with van der Waals surface area (Å²) in [5.41, 5.74) is 0. The Kier molecular flexibility index (Phi) is 2.12. The lowest BCUT2D eigenvalue weighted by molar-refractivity contribution is 0.507. The van der Waals surface area contributed by atoms with Gasteiger partial charge in [-0.05, 0) is 22.9 Å². The van der Waals surface area contributed by atoms with Gasteiger partial charge in [0.1, 0.15) is 0 Å². The average molecular weight is 212 g/mol. The molecule has 14 heavy (non-hydrogen) atoms. The molecule has 72 valence electrons. The fourth-order valence-electron chi connectivity index (χ4n) is 1.34. The molecule has 0 amide bonds. The van der Waals surface area contributed by atoms with Crippen molar-refractivity contribution >= 4 is 23.8 Å². The largest absolute Gasteiger partial charge is 0.433 e. The van der Waals surface area contributed by atoms with Gasteiger partial charge in [0.05, 0.1) is 5.30 Å². The number of rotatable bonds is 1. The van der Waals surface area contributed by atoms with Crippen molar-refractivity contribution in [3.05, 3.63) is 42.5 Å². The van der Waals surface area contributed by atoms with E-state index in [1.807, 2.05) is 12.1 Å². The minimum Gasteiger partial charge on any atom is -0.244 e. The Bertz CT molecular complexity index is 518. The van der Waals surface area contributed by atoms with E-state index in [-0.39, 0.29) is 5.30 Å². The Morgan fingerprint density at radius 2 is 1.57 bits per heavy atom. The van der Waals surface area contributed by atoms with E-state index in [1.165, 1.54) is 12.1 Å². The van der Waals surface area contributed by atoms with Gasteiger partial charge in [-0.25, -0.2) is 4.57 Å². The van der Waals surface area contributed by atoms with Crippen LogP contribution in [0.2, 0.25) is 0 Å². The maximum absolute atomic E-state index is 12.5. The molecule has 0 radical (unpaired) electrons. The smallest absolute Gasteiger partial charge is 0.244 e. The van der Waals surface area contributed by atoms with E-state index < -0.39 is 7.76 Å². The molecule has 2 aromatic rings. The SMILES string of the molecule is O=P(F)(F)c1ccc2ccccc2c1. The van der Waals surface area contributed by atoms with Crippen LogP contribution in [0.5, 0.6) is 0 Å². The van der Waals surface area contributed by atoms with E-state index in [9.17, 15) is 13.0 Å². The second-order valence-electron chi connectivity index (χ2n) is 2.99. The number of benzene rings is 2. The summed E-state index contributed by atoms with van der Waals surface area (Å²) in [5, 5.41) is 1.17. The van der Waals surface area contributed by atoms with Crippen LogP contribution < -0.4 is 5.30 Å². The van der Waals surface area contributed by atoms with Crippen molar-refractivity contribution in [3.8, 4) is 0 Å². The lowest BCUT2D eigenvalue weighted by atomic mass is 10.1. The van der Waals surface area contributed by atoms with Crippen molar-refractivity contribution in [2.45, 2.75) is 0 Å². The van der Waals surface area contributed by atoms with Crippen LogP contribution in [0.4, 0.5) is 8.39 Å². The third kappa shape index (κ3) is 1.68. The Morgan fingerprint density at radius 3 is 2.21 bits per heavy atom. The maximum atomic E-state index is 12.5. The first-order chi connectivity index (χ1) is 6.57. The van der Waals surface area contributed by atoms with Gasteiger partial charge in [0.2, 0.25) is 0 Å². The van der Waals surface area contributed by atoms with Gasteiger partial charge in [-0.1, -0.05) is 30.3 Å². The van der Waals surface area contributed by atoms with E-state index in [0.29, 0.717) is 5.39 Å². The molecule has 0 saturated carbocycles. The minimum atomic E-state index is -5.12. The van der Waals surface area contributed by atoms with E-state index >= 15 is 0 Å². The molecule has 0 heterocycles. The topological polar surface area (TPSA) is 17.1 Å². The monoisotopic (exact) mass is 212 g/mol. The van der Waals surface area contributed by atoms with Crippen LogP contribution in [0.25, 0.3) is 10.8 Å². The predicted molar refractivity (Wildman–Crippen MR) is 53.4 cm³/mol. The van der Waals surface area contributed by atoms with Crippen molar-refractivity contribution in [3.63, 3.8) is 0 Å². The zero-order valence-electron chi connectivity index (χ0n) is 7.15. The molecule has 0 unspecified atom stereocenters. The first-order valence-electron chi connectivity index (χ1n) is 4.06. The molecule has 0 aromatic heterocycles. The normalized spacial score (nSPS) is 11.9. The lowest BCUT2D eigenvalue weighted by Gasteiger charge is -2.01. The molecule has 4 heteroatoms. The molecule has 0 bridgehead atoms. The van der Waals surface area contributed by atoms with Crippen LogP contribution >= 0.6 is 7.76 Å². The quantitative estimate of drug-likeness (QED) is 0.660. The number of halogens is 2. The molecule has 0 aliphatic heterocycles. The van der Waals surface area contributed by atoms with E-state index in [0.717, 1.165) is 5.39 Å². The van der Waals surface area contributed by atoms with Crippen molar-refractivity contribution in [1.29, 1.82) is 0 Å². The van der Waals surface area contributed by atoms with Crippen LogP contribution in [-0.4, -0.2) is 0 Å². The summed E-state index contributed by atoms with van der Waals surface area (Å²) in [7, 11) is -5.12. The van der Waals surface area contributed by atoms with E-state index in [2.05, 4.69) is 0 Å². The van der Waals surface area contributed by atoms with Gasteiger partial charge in [-0.2, -0.15) is 0 Å². The van der Waals surface area contributed by atoms with Crippen LogP contribution in [0.15, 0.2) is 42.5 Å². The molecular weight excluding hydrogens is 205 g/mol. The third-order valence-corrected chi connectivity index (χ3v) is 2.91. The Morgan fingerprint density at radius 1 is 0.929 bits per heavy atom. The van der Waals surface area contributed by atoms with Crippen molar-refractivity contribution in [2.75, 3.05) is 0 Å². The summed E-state index contributed by atoms with van der Waals surface area (Å²) in [6.07, 6.45) is 0. The molecule has 0 N–H and O–H groups in total. The molecule has 0 fully saturated rings. The fraction of sp³-hybridized carbons (Fsp3) is 0. The van der Waals surface area contributed by atoms with Crippen LogP contribution in [0.3, 0.4) is 0 Å². The van der Waals surface area contributed by atoms with Gasteiger partial charge in [-0.3, -0.25) is 0 Å². The Balaban J connectivity index is 2.69. The first-order valence-corrected chi connectivity index (χ1v) is 5.55. The average Bonchev–Trinajstić information content (AvgIpc) is 2.16. The molecule has 0 saturated heterocycles. The molecule has 1 nitrogen and oxygen atoms in total. The molecule has 0 aliphatic carbocycles. The van der Waals surface area contributed by atoms with Gasteiger partial charge >= 0.3 is 7.76 Å². The zero-order chi connectivity index (χ0) is 10.2. The fourth-order valence-corrected chi connectivity index (χ4v) is 1.88. The Labute approximate surface area is 80.0 Å². The van der Waals surface area contributed by atoms with Gasteiger partial charge in [0.25, 0.3) is 0 Å². The summed E-state index contributed by atoms with van der Waals surface area (Å²) in [6, 6.07) is 11.2. The number of hydrogen-bond donors (Lipinski definition) is 0. The zero-order valence-corrected chi connectivity index (χ0v) is 8.05. The summed E-state index contributed by atoms with van der Waals surface area (Å²) >= 11 is 0. The van der Waals surface area contributed by atoms with Crippen molar-refractivity contribution in [2.24, 2.45) is 0 Å². The van der Waals surface area contributed by atoms with Gasteiger partial charge in [-0.15, -0.1) is 8.39 Å². The first kappa shape index (κ1) is 9.35. The van der Waals surface area contributed by atoms with Crippen LogP contribution in [0, 0.1) is 0 Å². The number of hydrogen-bond acceptors (Lipinski definition) is 1. The highest BCUT2D eigenvalue weighted by Gasteiger charge is 2.22. The predicted octanol–water partition coefficient (Wildman–Crippen LogP) is 3.60. The Hall–Kier alpha value is -1.21. The summed E-state index contributed by atoms with van der Waals surface area (Å²) in [5.74, 6) is 0.